The van der Waals surface area contributed by atoms with Crippen molar-refractivity contribution in [3.05, 3.63) is 0 Å². The van der Waals surface area contributed by atoms with Crippen molar-refractivity contribution in [2.24, 2.45) is 0 Å². The second-order valence-corrected chi connectivity index (χ2v) is 7.34. The van der Waals surface area contributed by atoms with Crippen LogP contribution < -0.4 is 5.32 Å². The minimum absolute atomic E-state index is 0.141. The highest BCUT2D eigenvalue weighted by Crippen LogP contribution is 2.24. The van der Waals surface area contributed by atoms with Crippen LogP contribution in [0, 0.1) is 0 Å². The summed E-state index contributed by atoms with van der Waals surface area (Å²) < 4.78 is 0. The van der Waals surface area contributed by atoms with Gasteiger partial charge < -0.3 is 10.4 Å². The molecule has 2 saturated heterocycles. The fourth-order valence-corrected chi connectivity index (χ4v) is 4.15. The van der Waals surface area contributed by atoms with Gasteiger partial charge in [0.2, 0.25) is 0 Å². The molecule has 0 aromatic rings. The Morgan fingerprint density at radius 2 is 1.95 bits per heavy atom. The van der Waals surface area contributed by atoms with Gasteiger partial charge in [0.25, 0.3) is 0 Å². The Morgan fingerprint density at radius 1 is 1.24 bits per heavy atom. The molecule has 2 heterocycles. The van der Waals surface area contributed by atoms with Crippen molar-refractivity contribution in [2.75, 3.05) is 39.3 Å². The van der Waals surface area contributed by atoms with Gasteiger partial charge in [-0.25, -0.2) is 0 Å². The Bertz CT molecular complexity index is 306. The lowest BCUT2D eigenvalue weighted by Gasteiger charge is -2.36. The summed E-state index contributed by atoms with van der Waals surface area (Å²) in [5, 5.41) is 13.1. The lowest BCUT2D eigenvalue weighted by Crippen LogP contribution is -2.50. The Morgan fingerprint density at radius 3 is 2.57 bits per heavy atom. The fourth-order valence-electron chi connectivity index (χ4n) is 4.15. The standard InChI is InChI=1S/C17H35N3O/c1-4-18-17(3,14-21)12-15(2)20-11-8-16(13-20)19-9-6-5-7-10-19/h15-16,18,21H,4-14H2,1-3H3. The predicted molar refractivity (Wildman–Crippen MR) is 88.6 cm³/mol. The zero-order valence-corrected chi connectivity index (χ0v) is 14.3. The zero-order valence-electron chi connectivity index (χ0n) is 14.3. The van der Waals surface area contributed by atoms with E-state index in [1.807, 2.05) is 0 Å². The first kappa shape index (κ1) is 17.2. The van der Waals surface area contributed by atoms with Gasteiger partial charge in [-0.05, 0) is 59.2 Å². The maximum Gasteiger partial charge on any atom is 0.0611 e. The van der Waals surface area contributed by atoms with Crippen molar-refractivity contribution >= 4 is 0 Å². The molecule has 2 fully saturated rings. The summed E-state index contributed by atoms with van der Waals surface area (Å²) >= 11 is 0. The Hall–Kier alpha value is -0.160. The number of nitrogens with one attached hydrogen (secondary N) is 1. The van der Waals surface area contributed by atoms with Gasteiger partial charge in [0.1, 0.15) is 0 Å². The monoisotopic (exact) mass is 297 g/mol. The maximum absolute atomic E-state index is 9.67. The van der Waals surface area contributed by atoms with Crippen LogP contribution >= 0.6 is 0 Å². The number of hydrogen-bond donors (Lipinski definition) is 2. The third kappa shape index (κ3) is 4.65. The van der Waals surface area contributed by atoms with Gasteiger partial charge in [-0.2, -0.15) is 0 Å². The quantitative estimate of drug-likeness (QED) is 0.750. The first-order chi connectivity index (χ1) is 10.1. The topological polar surface area (TPSA) is 38.7 Å². The largest absolute Gasteiger partial charge is 0.394 e. The zero-order chi connectivity index (χ0) is 15.3. The van der Waals surface area contributed by atoms with E-state index in [1.54, 1.807) is 0 Å². The molecule has 0 radical (unpaired) electrons. The minimum Gasteiger partial charge on any atom is -0.394 e. The molecule has 2 N–H and O–H groups in total. The van der Waals surface area contributed by atoms with Gasteiger partial charge in [-0.3, -0.25) is 9.80 Å². The lowest BCUT2D eigenvalue weighted by molar-refractivity contribution is 0.116. The van der Waals surface area contributed by atoms with E-state index in [-0.39, 0.29) is 12.1 Å². The van der Waals surface area contributed by atoms with E-state index < -0.39 is 0 Å². The molecule has 4 heteroatoms. The van der Waals surface area contributed by atoms with E-state index in [1.165, 1.54) is 51.9 Å². The smallest absolute Gasteiger partial charge is 0.0611 e. The van der Waals surface area contributed by atoms with Gasteiger partial charge in [0.05, 0.1) is 6.61 Å². The molecule has 0 aromatic carbocycles. The van der Waals surface area contributed by atoms with E-state index in [0.29, 0.717) is 6.04 Å². The molecule has 124 valence electrons. The van der Waals surface area contributed by atoms with Crippen LogP contribution in [0.4, 0.5) is 0 Å². The van der Waals surface area contributed by atoms with Gasteiger partial charge in [-0.1, -0.05) is 13.3 Å². The molecule has 0 spiro atoms. The molecule has 0 aromatic heterocycles. The molecule has 0 aliphatic carbocycles. The Kier molecular flexibility index (Phi) is 6.48. The third-order valence-electron chi connectivity index (χ3n) is 5.42. The van der Waals surface area contributed by atoms with Gasteiger partial charge in [0, 0.05) is 30.7 Å². The van der Waals surface area contributed by atoms with E-state index in [9.17, 15) is 5.11 Å². The van der Waals surface area contributed by atoms with Crippen LogP contribution in [0.15, 0.2) is 0 Å². The van der Waals surface area contributed by atoms with E-state index in [2.05, 4.69) is 35.9 Å². The highest BCUT2D eigenvalue weighted by molar-refractivity contribution is 4.91. The lowest BCUT2D eigenvalue weighted by atomic mass is 9.94. The van der Waals surface area contributed by atoms with Gasteiger partial charge in [-0.15, -0.1) is 0 Å². The summed E-state index contributed by atoms with van der Waals surface area (Å²) in [6.07, 6.45) is 6.52. The summed E-state index contributed by atoms with van der Waals surface area (Å²) in [4.78, 5) is 5.34. The van der Waals surface area contributed by atoms with E-state index >= 15 is 0 Å². The van der Waals surface area contributed by atoms with Crippen molar-refractivity contribution in [3.8, 4) is 0 Å². The highest BCUT2D eigenvalue weighted by Gasteiger charge is 2.33. The number of likely N-dealkylation sites (N-methyl/N-ethyl adjacent to an activating group) is 1. The SMILES string of the molecule is CCNC(C)(CO)CC(C)N1CCC(N2CCCCC2)C1. The third-order valence-corrected chi connectivity index (χ3v) is 5.42. The van der Waals surface area contributed by atoms with E-state index in [0.717, 1.165) is 19.0 Å². The van der Waals surface area contributed by atoms with Crippen molar-refractivity contribution in [1.29, 1.82) is 0 Å². The number of nitrogens with zero attached hydrogens (tertiary/aromatic N) is 2. The molecule has 2 aliphatic rings. The molecule has 2 rings (SSSR count). The number of hydrogen-bond acceptors (Lipinski definition) is 4. The minimum atomic E-state index is -0.141. The van der Waals surface area contributed by atoms with Crippen LogP contribution in [0.2, 0.25) is 0 Å². The van der Waals surface area contributed by atoms with Gasteiger partial charge in [0.15, 0.2) is 0 Å². The van der Waals surface area contributed by atoms with E-state index in [4.69, 9.17) is 0 Å². The number of aliphatic hydroxyl groups is 1. The average Bonchev–Trinajstić information content (AvgIpc) is 2.98. The molecule has 21 heavy (non-hydrogen) atoms. The van der Waals surface area contributed by atoms with Crippen LogP contribution in [0.3, 0.4) is 0 Å². The summed E-state index contributed by atoms with van der Waals surface area (Å²) in [5.41, 5.74) is -0.141. The van der Waals surface area contributed by atoms with Crippen LogP contribution in [0.1, 0.15) is 52.9 Å². The van der Waals surface area contributed by atoms with Crippen LogP contribution in [-0.4, -0.2) is 71.9 Å². The second-order valence-electron chi connectivity index (χ2n) is 7.34. The molecule has 0 saturated carbocycles. The average molecular weight is 297 g/mol. The molecule has 3 unspecified atom stereocenters. The van der Waals surface area contributed by atoms with Crippen molar-refractivity contribution in [1.82, 2.24) is 15.1 Å². The van der Waals surface area contributed by atoms with Gasteiger partial charge >= 0.3 is 0 Å². The van der Waals surface area contributed by atoms with Crippen LogP contribution in [0.25, 0.3) is 0 Å². The second kappa shape index (κ2) is 7.91. The molecule has 0 amide bonds. The molecule has 4 nitrogen and oxygen atoms in total. The number of rotatable bonds is 7. The summed E-state index contributed by atoms with van der Waals surface area (Å²) in [5.74, 6) is 0. The molecular formula is C17H35N3O. The number of aliphatic hydroxyl groups excluding tert-OH is 1. The van der Waals surface area contributed by atoms with Crippen molar-refractivity contribution < 1.29 is 5.11 Å². The highest BCUT2D eigenvalue weighted by atomic mass is 16.3. The summed E-state index contributed by atoms with van der Waals surface area (Å²) in [6, 6.07) is 1.31. The Labute approximate surface area is 130 Å². The fraction of sp³-hybridized carbons (Fsp3) is 1.00. The first-order valence-electron chi connectivity index (χ1n) is 8.92. The molecule has 2 aliphatic heterocycles. The number of piperidine rings is 1. The molecule has 3 atom stereocenters. The molecule has 0 bridgehead atoms. The molecular weight excluding hydrogens is 262 g/mol. The van der Waals surface area contributed by atoms with Crippen LogP contribution in [-0.2, 0) is 0 Å². The van der Waals surface area contributed by atoms with Crippen molar-refractivity contribution in [2.45, 2.75) is 70.5 Å². The first-order valence-corrected chi connectivity index (χ1v) is 8.92. The normalized spacial score (nSPS) is 29.4. The van der Waals surface area contributed by atoms with Crippen LogP contribution in [0.5, 0.6) is 0 Å². The summed E-state index contributed by atoms with van der Waals surface area (Å²) in [6.45, 7) is 12.8. The van der Waals surface area contributed by atoms with Crippen molar-refractivity contribution in [3.63, 3.8) is 0 Å². The number of likely N-dealkylation sites (tertiary alicyclic amines) is 2. The predicted octanol–water partition coefficient (Wildman–Crippen LogP) is 1.69. The summed E-state index contributed by atoms with van der Waals surface area (Å²) in [7, 11) is 0. The maximum atomic E-state index is 9.67. The Balaban J connectivity index is 1.82.